The Morgan fingerprint density at radius 3 is 2.61 bits per heavy atom. The molecule has 0 atom stereocenters. The van der Waals surface area contributed by atoms with Gasteiger partial charge in [0.05, 0.1) is 6.42 Å². The number of rotatable bonds is 5. The number of phenolic OH excluding ortho intramolecular Hbond substituents is 1. The van der Waals surface area contributed by atoms with E-state index in [1.165, 1.54) is 4.70 Å². The fourth-order valence-electron chi connectivity index (χ4n) is 4.03. The Morgan fingerprint density at radius 2 is 1.81 bits per heavy atom. The van der Waals surface area contributed by atoms with E-state index in [4.69, 9.17) is 11.6 Å². The number of thiophene rings is 1. The molecule has 5 aromatic rings. The molecule has 2 N–H and O–H groups in total. The number of benzene rings is 3. The summed E-state index contributed by atoms with van der Waals surface area (Å²) >= 11 is 7.89. The van der Waals surface area contributed by atoms with Crippen LogP contribution >= 0.6 is 22.9 Å². The first-order chi connectivity index (χ1) is 15.0. The van der Waals surface area contributed by atoms with Crippen molar-refractivity contribution in [2.45, 2.75) is 13.0 Å². The van der Waals surface area contributed by atoms with Gasteiger partial charge in [0.2, 0.25) is 0 Å². The van der Waals surface area contributed by atoms with Gasteiger partial charge in [-0.15, -0.1) is 11.3 Å². The minimum absolute atomic E-state index is 0.0365. The van der Waals surface area contributed by atoms with E-state index < -0.39 is 5.97 Å². The Labute approximate surface area is 187 Å². The van der Waals surface area contributed by atoms with E-state index in [9.17, 15) is 15.0 Å². The molecule has 0 bridgehead atoms. The first-order valence-electron chi connectivity index (χ1n) is 9.76. The molecular weight excluding hydrogens is 430 g/mol. The highest BCUT2D eigenvalue weighted by molar-refractivity contribution is 7.17. The minimum atomic E-state index is -0.858. The van der Waals surface area contributed by atoms with Gasteiger partial charge in [-0.3, -0.25) is 4.79 Å². The smallest absolute Gasteiger partial charge is 0.307 e. The van der Waals surface area contributed by atoms with E-state index in [0.29, 0.717) is 11.6 Å². The van der Waals surface area contributed by atoms with Gasteiger partial charge >= 0.3 is 5.97 Å². The summed E-state index contributed by atoms with van der Waals surface area (Å²) in [7, 11) is 0. The Bertz CT molecular complexity index is 1450. The summed E-state index contributed by atoms with van der Waals surface area (Å²) in [6, 6.07) is 19.0. The molecule has 3 aromatic carbocycles. The summed E-state index contributed by atoms with van der Waals surface area (Å²) in [5.41, 5.74) is 4.75. The number of hydrogen-bond donors (Lipinski definition) is 2. The fraction of sp³-hybridized carbons (Fsp3) is 0.0800. The zero-order valence-corrected chi connectivity index (χ0v) is 18.0. The summed E-state index contributed by atoms with van der Waals surface area (Å²) in [6.45, 7) is 0.611. The summed E-state index contributed by atoms with van der Waals surface area (Å²) in [5.74, 6) is -0.648. The van der Waals surface area contributed by atoms with Gasteiger partial charge in [0.25, 0.3) is 0 Å². The molecule has 0 unspecified atom stereocenters. The lowest BCUT2D eigenvalue weighted by molar-refractivity contribution is -0.136. The van der Waals surface area contributed by atoms with Crippen LogP contribution in [0.4, 0.5) is 0 Å². The van der Waals surface area contributed by atoms with Gasteiger partial charge in [0.15, 0.2) is 0 Å². The molecule has 6 heteroatoms. The zero-order chi connectivity index (χ0) is 21.5. The van der Waals surface area contributed by atoms with Crippen molar-refractivity contribution in [2.24, 2.45) is 0 Å². The van der Waals surface area contributed by atoms with Gasteiger partial charge in [-0.25, -0.2) is 0 Å². The maximum atomic E-state index is 11.4. The second kappa shape index (κ2) is 7.76. The molecule has 2 heterocycles. The molecule has 0 aliphatic heterocycles. The predicted octanol–water partition coefficient (Wildman–Crippen LogP) is 6.56. The van der Waals surface area contributed by atoms with Crippen molar-refractivity contribution in [1.29, 1.82) is 0 Å². The van der Waals surface area contributed by atoms with E-state index in [1.54, 1.807) is 23.5 Å². The number of phenols is 1. The van der Waals surface area contributed by atoms with Crippen molar-refractivity contribution in [2.75, 3.05) is 0 Å². The van der Waals surface area contributed by atoms with Gasteiger partial charge in [0.1, 0.15) is 5.75 Å². The second-order valence-corrected chi connectivity index (χ2v) is 8.88. The first kappa shape index (κ1) is 19.7. The third-order valence-electron chi connectivity index (χ3n) is 5.44. The number of hydrogen-bond acceptors (Lipinski definition) is 3. The molecule has 2 aromatic heterocycles. The molecular formula is C25H18ClNO3S. The van der Waals surface area contributed by atoms with Gasteiger partial charge in [-0.05, 0) is 69.4 Å². The highest BCUT2D eigenvalue weighted by atomic mass is 35.5. The topological polar surface area (TPSA) is 62.5 Å². The molecule has 0 aliphatic rings. The van der Waals surface area contributed by atoms with Gasteiger partial charge in [0, 0.05) is 33.4 Å². The quantitative estimate of drug-likeness (QED) is 0.321. The van der Waals surface area contributed by atoms with Crippen LogP contribution in [-0.4, -0.2) is 20.7 Å². The highest BCUT2D eigenvalue weighted by Gasteiger charge is 2.14. The summed E-state index contributed by atoms with van der Waals surface area (Å²) in [4.78, 5) is 11.4. The van der Waals surface area contributed by atoms with Crippen molar-refractivity contribution < 1.29 is 15.0 Å². The lowest BCUT2D eigenvalue weighted by Crippen LogP contribution is -2.00. The summed E-state index contributed by atoms with van der Waals surface area (Å²) < 4.78 is 3.27. The van der Waals surface area contributed by atoms with Crippen LogP contribution < -0.4 is 0 Å². The summed E-state index contributed by atoms with van der Waals surface area (Å²) in [6.07, 6.45) is 1.89. The Morgan fingerprint density at radius 1 is 0.968 bits per heavy atom. The van der Waals surface area contributed by atoms with Crippen molar-refractivity contribution in [3.05, 3.63) is 88.4 Å². The molecule has 4 nitrogen and oxygen atoms in total. The SMILES string of the molecule is O=C(O)Cc1cn(Cc2csc3ccc(Cl)cc23)c2cc(-c3cccc(O)c3)ccc12. The molecule has 5 rings (SSSR count). The van der Waals surface area contributed by atoms with Crippen molar-refractivity contribution in [3.63, 3.8) is 0 Å². The molecule has 0 radical (unpaired) electrons. The number of fused-ring (bicyclic) bond motifs is 2. The maximum absolute atomic E-state index is 11.4. The maximum Gasteiger partial charge on any atom is 0.307 e. The number of carboxylic acid groups (broad SMARTS) is 1. The minimum Gasteiger partial charge on any atom is -0.508 e. The van der Waals surface area contributed by atoms with Crippen LogP contribution in [0.5, 0.6) is 5.75 Å². The van der Waals surface area contributed by atoms with Crippen LogP contribution in [0.15, 0.2) is 72.2 Å². The van der Waals surface area contributed by atoms with E-state index in [-0.39, 0.29) is 12.2 Å². The standard InChI is InChI=1S/C25H18ClNO3S/c26-19-5-7-24-22(11-19)18(14-31-24)13-27-12-17(10-25(29)30)21-6-4-16(9-23(21)27)15-2-1-3-20(28)8-15/h1-9,11-12,14,28H,10,13H2,(H,29,30). The van der Waals surface area contributed by atoms with Crippen molar-refractivity contribution in [3.8, 4) is 16.9 Å². The number of carbonyl (C=O) groups is 1. The predicted molar refractivity (Wildman–Crippen MR) is 126 cm³/mol. The number of aromatic hydroxyl groups is 1. The summed E-state index contributed by atoms with van der Waals surface area (Å²) in [5, 5.41) is 24.1. The average Bonchev–Trinajstić information content (AvgIpc) is 3.29. The number of nitrogens with zero attached hydrogens (tertiary/aromatic N) is 1. The van der Waals surface area contributed by atoms with Gasteiger partial charge < -0.3 is 14.8 Å². The fourth-order valence-corrected chi connectivity index (χ4v) is 5.13. The Balaban J connectivity index is 1.65. The van der Waals surface area contributed by atoms with Crippen LogP contribution in [0.2, 0.25) is 5.02 Å². The number of aromatic nitrogens is 1. The van der Waals surface area contributed by atoms with E-state index in [2.05, 4.69) is 16.0 Å². The third kappa shape index (κ3) is 3.78. The molecule has 0 fully saturated rings. The largest absolute Gasteiger partial charge is 0.508 e. The first-order valence-corrected chi connectivity index (χ1v) is 11.0. The zero-order valence-electron chi connectivity index (χ0n) is 16.4. The average molecular weight is 448 g/mol. The molecule has 0 amide bonds. The van der Waals surface area contributed by atoms with Crippen molar-refractivity contribution in [1.82, 2.24) is 4.57 Å². The second-order valence-electron chi connectivity index (χ2n) is 7.54. The Kier molecular flexibility index (Phi) is 4.93. The lowest BCUT2D eigenvalue weighted by atomic mass is 10.0. The number of halogens is 1. The third-order valence-corrected chi connectivity index (χ3v) is 6.69. The molecule has 154 valence electrons. The van der Waals surface area contributed by atoms with Crippen molar-refractivity contribution >= 4 is 49.9 Å². The van der Waals surface area contributed by atoms with E-state index in [0.717, 1.165) is 38.5 Å². The molecule has 0 saturated heterocycles. The molecule has 31 heavy (non-hydrogen) atoms. The van der Waals surface area contributed by atoms with Gasteiger partial charge in [-0.1, -0.05) is 35.9 Å². The normalized spacial score (nSPS) is 11.4. The number of aliphatic carboxylic acids is 1. The van der Waals surface area contributed by atoms with E-state index >= 15 is 0 Å². The monoisotopic (exact) mass is 447 g/mol. The number of carboxylic acids is 1. The van der Waals surface area contributed by atoms with E-state index in [1.807, 2.05) is 48.7 Å². The van der Waals surface area contributed by atoms with Crippen LogP contribution in [0.3, 0.4) is 0 Å². The van der Waals surface area contributed by atoms with Crippen LogP contribution in [0.1, 0.15) is 11.1 Å². The van der Waals surface area contributed by atoms with Crippen LogP contribution in [-0.2, 0) is 17.8 Å². The van der Waals surface area contributed by atoms with Crippen LogP contribution in [0.25, 0.3) is 32.1 Å². The molecule has 0 aliphatic carbocycles. The Hall–Kier alpha value is -3.28. The lowest BCUT2D eigenvalue weighted by Gasteiger charge is -2.08. The van der Waals surface area contributed by atoms with Gasteiger partial charge in [-0.2, -0.15) is 0 Å². The van der Waals surface area contributed by atoms with Crippen LogP contribution in [0, 0.1) is 0 Å². The molecule has 0 saturated carbocycles. The molecule has 0 spiro atoms. The highest BCUT2D eigenvalue weighted by Crippen LogP contribution is 2.33.